The molecule has 4 heteroatoms. The van der Waals surface area contributed by atoms with E-state index in [0.29, 0.717) is 12.3 Å². The summed E-state index contributed by atoms with van der Waals surface area (Å²) < 4.78 is 0. The van der Waals surface area contributed by atoms with Crippen LogP contribution in [0.5, 0.6) is 0 Å². The highest BCUT2D eigenvalue weighted by atomic mass is 16.2. The van der Waals surface area contributed by atoms with Crippen molar-refractivity contribution in [2.24, 2.45) is 17.8 Å². The van der Waals surface area contributed by atoms with Gasteiger partial charge in [0.05, 0.1) is 0 Å². The van der Waals surface area contributed by atoms with Crippen LogP contribution in [0, 0.1) is 17.8 Å². The molecule has 0 unspecified atom stereocenters. The SMILES string of the molecule is O=C1CCC[C@H](C(=O)NC[C@@H]2C[C@H]2C2CCCCC2)N1. The number of hydrogen-bond acceptors (Lipinski definition) is 2. The fourth-order valence-corrected chi connectivity index (χ4v) is 4.00. The average Bonchev–Trinajstić information content (AvgIpc) is 3.25. The molecule has 3 aliphatic rings. The van der Waals surface area contributed by atoms with Crippen LogP contribution in [0.2, 0.25) is 0 Å². The number of carbonyl (C=O) groups is 2. The largest absolute Gasteiger partial charge is 0.354 e. The van der Waals surface area contributed by atoms with E-state index in [1.807, 2.05) is 0 Å². The van der Waals surface area contributed by atoms with Crippen LogP contribution in [0.3, 0.4) is 0 Å². The van der Waals surface area contributed by atoms with E-state index in [1.165, 1.54) is 38.5 Å². The van der Waals surface area contributed by atoms with E-state index in [4.69, 9.17) is 0 Å². The summed E-state index contributed by atoms with van der Waals surface area (Å²) in [6, 6.07) is -0.289. The number of carbonyl (C=O) groups excluding carboxylic acids is 2. The minimum atomic E-state index is -0.289. The Kier molecular flexibility index (Phi) is 4.27. The lowest BCUT2D eigenvalue weighted by Crippen LogP contribution is -2.49. The third-order valence-electron chi connectivity index (χ3n) is 5.32. The average molecular weight is 278 g/mol. The first-order chi connectivity index (χ1) is 9.74. The van der Waals surface area contributed by atoms with Crippen LogP contribution in [-0.2, 0) is 9.59 Å². The predicted molar refractivity (Wildman–Crippen MR) is 77.0 cm³/mol. The van der Waals surface area contributed by atoms with E-state index in [9.17, 15) is 9.59 Å². The topological polar surface area (TPSA) is 58.2 Å². The maximum atomic E-state index is 12.0. The van der Waals surface area contributed by atoms with Crippen molar-refractivity contribution in [3.8, 4) is 0 Å². The van der Waals surface area contributed by atoms with Crippen LogP contribution in [0.1, 0.15) is 57.8 Å². The first-order valence-corrected chi connectivity index (χ1v) is 8.31. The summed E-state index contributed by atoms with van der Waals surface area (Å²) in [4.78, 5) is 23.3. The molecule has 1 heterocycles. The van der Waals surface area contributed by atoms with Crippen LogP contribution in [0.15, 0.2) is 0 Å². The molecule has 0 aromatic rings. The molecule has 1 saturated heterocycles. The van der Waals surface area contributed by atoms with E-state index >= 15 is 0 Å². The van der Waals surface area contributed by atoms with Crippen LogP contribution in [0.25, 0.3) is 0 Å². The van der Waals surface area contributed by atoms with Gasteiger partial charge in [0.25, 0.3) is 0 Å². The van der Waals surface area contributed by atoms with Crippen molar-refractivity contribution in [3.05, 3.63) is 0 Å². The van der Waals surface area contributed by atoms with Gasteiger partial charge in [-0.1, -0.05) is 32.1 Å². The van der Waals surface area contributed by atoms with Gasteiger partial charge in [-0.3, -0.25) is 9.59 Å². The van der Waals surface area contributed by atoms with Crippen molar-refractivity contribution < 1.29 is 9.59 Å². The molecule has 0 spiro atoms. The highest BCUT2D eigenvalue weighted by Gasteiger charge is 2.42. The van der Waals surface area contributed by atoms with E-state index < -0.39 is 0 Å². The van der Waals surface area contributed by atoms with Gasteiger partial charge < -0.3 is 10.6 Å². The Morgan fingerprint density at radius 1 is 1.15 bits per heavy atom. The summed E-state index contributed by atoms with van der Waals surface area (Å²) in [6.45, 7) is 0.812. The second-order valence-electron chi connectivity index (χ2n) is 6.82. The van der Waals surface area contributed by atoms with Crippen LogP contribution in [-0.4, -0.2) is 24.4 Å². The molecule has 4 nitrogen and oxygen atoms in total. The van der Waals surface area contributed by atoms with E-state index in [2.05, 4.69) is 10.6 Å². The predicted octanol–water partition coefficient (Wildman–Crippen LogP) is 1.99. The zero-order valence-corrected chi connectivity index (χ0v) is 12.2. The molecule has 0 bridgehead atoms. The lowest BCUT2D eigenvalue weighted by molar-refractivity contribution is -0.131. The van der Waals surface area contributed by atoms with Crippen LogP contribution in [0.4, 0.5) is 0 Å². The Bertz CT molecular complexity index is 377. The summed E-state index contributed by atoms with van der Waals surface area (Å²) >= 11 is 0. The summed E-state index contributed by atoms with van der Waals surface area (Å²) in [5.74, 6) is 2.51. The molecular weight excluding hydrogens is 252 g/mol. The molecule has 0 aromatic heterocycles. The first kappa shape index (κ1) is 13.9. The summed E-state index contributed by atoms with van der Waals surface area (Å²) in [7, 11) is 0. The van der Waals surface area contributed by atoms with Gasteiger partial charge in [0, 0.05) is 13.0 Å². The Morgan fingerprint density at radius 3 is 2.70 bits per heavy atom. The van der Waals surface area contributed by atoms with Gasteiger partial charge in [0.15, 0.2) is 0 Å². The number of hydrogen-bond donors (Lipinski definition) is 2. The van der Waals surface area contributed by atoms with Gasteiger partial charge in [-0.25, -0.2) is 0 Å². The van der Waals surface area contributed by atoms with Crippen molar-refractivity contribution in [3.63, 3.8) is 0 Å². The van der Waals surface area contributed by atoms with E-state index in [0.717, 1.165) is 31.2 Å². The molecule has 0 aromatic carbocycles. The molecule has 112 valence electrons. The highest BCUT2D eigenvalue weighted by Crippen LogP contribution is 2.48. The standard InChI is InChI=1S/C16H26N2O2/c19-15-8-4-7-14(18-15)16(20)17-10-12-9-13(12)11-5-2-1-3-6-11/h11-14H,1-10H2,(H,17,20)(H,18,19)/t12-,13-,14+/m0/s1. The van der Waals surface area contributed by atoms with Crippen LogP contribution < -0.4 is 10.6 Å². The molecule has 20 heavy (non-hydrogen) atoms. The number of rotatable bonds is 4. The smallest absolute Gasteiger partial charge is 0.242 e. The maximum Gasteiger partial charge on any atom is 0.242 e. The molecule has 2 saturated carbocycles. The second-order valence-corrected chi connectivity index (χ2v) is 6.82. The molecular formula is C16H26N2O2. The van der Waals surface area contributed by atoms with Crippen molar-refractivity contribution >= 4 is 11.8 Å². The maximum absolute atomic E-state index is 12.0. The molecule has 3 atom stereocenters. The van der Waals surface area contributed by atoms with Crippen molar-refractivity contribution in [2.45, 2.75) is 63.8 Å². The van der Waals surface area contributed by atoms with Gasteiger partial charge in [-0.05, 0) is 37.0 Å². The van der Waals surface area contributed by atoms with Gasteiger partial charge in [0.1, 0.15) is 6.04 Å². The molecule has 1 aliphatic heterocycles. The van der Waals surface area contributed by atoms with Crippen LogP contribution >= 0.6 is 0 Å². The summed E-state index contributed by atoms with van der Waals surface area (Å²) in [5.41, 5.74) is 0. The van der Waals surface area contributed by atoms with Crippen molar-refractivity contribution in [2.75, 3.05) is 6.54 Å². The zero-order chi connectivity index (χ0) is 13.9. The zero-order valence-electron chi connectivity index (χ0n) is 12.2. The van der Waals surface area contributed by atoms with Gasteiger partial charge in [-0.2, -0.15) is 0 Å². The number of amides is 2. The molecule has 2 aliphatic carbocycles. The van der Waals surface area contributed by atoms with Gasteiger partial charge in [-0.15, -0.1) is 0 Å². The van der Waals surface area contributed by atoms with Gasteiger partial charge in [0.2, 0.25) is 11.8 Å². The fourth-order valence-electron chi connectivity index (χ4n) is 4.00. The Labute approximate surface area is 121 Å². The third kappa shape index (κ3) is 3.33. The quantitative estimate of drug-likeness (QED) is 0.826. The minimum absolute atomic E-state index is 0.0166. The van der Waals surface area contributed by atoms with Crippen molar-refractivity contribution in [1.29, 1.82) is 0 Å². The Hall–Kier alpha value is -1.06. The lowest BCUT2D eigenvalue weighted by Gasteiger charge is -2.23. The molecule has 0 radical (unpaired) electrons. The van der Waals surface area contributed by atoms with E-state index in [-0.39, 0.29) is 17.9 Å². The second kappa shape index (κ2) is 6.15. The molecule has 3 rings (SSSR count). The Morgan fingerprint density at radius 2 is 1.95 bits per heavy atom. The Balaban J connectivity index is 1.37. The third-order valence-corrected chi connectivity index (χ3v) is 5.32. The molecule has 3 fully saturated rings. The summed E-state index contributed by atoms with van der Waals surface area (Å²) in [5, 5.41) is 5.83. The number of piperidine rings is 1. The molecule has 2 N–H and O–H groups in total. The minimum Gasteiger partial charge on any atom is -0.354 e. The number of nitrogens with one attached hydrogen (secondary N) is 2. The highest BCUT2D eigenvalue weighted by molar-refractivity contribution is 5.88. The van der Waals surface area contributed by atoms with E-state index in [1.54, 1.807) is 0 Å². The summed E-state index contributed by atoms with van der Waals surface area (Å²) in [6.07, 6.45) is 10.5. The monoisotopic (exact) mass is 278 g/mol. The first-order valence-electron chi connectivity index (χ1n) is 8.31. The lowest BCUT2D eigenvalue weighted by atomic mass is 9.85. The molecule has 2 amide bonds. The fraction of sp³-hybridized carbons (Fsp3) is 0.875. The van der Waals surface area contributed by atoms with Gasteiger partial charge >= 0.3 is 0 Å². The van der Waals surface area contributed by atoms with Crippen molar-refractivity contribution in [1.82, 2.24) is 10.6 Å². The normalized spacial score (nSPS) is 34.4.